The Morgan fingerprint density at radius 2 is 1.68 bits per heavy atom. The summed E-state index contributed by atoms with van der Waals surface area (Å²) in [4.78, 5) is 27.8. The highest BCUT2D eigenvalue weighted by atomic mass is 19.1. The minimum absolute atomic E-state index is 0.0660. The van der Waals surface area contributed by atoms with Gasteiger partial charge in [0.2, 0.25) is 0 Å². The second-order valence-electron chi connectivity index (χ2n) is 13.3. The molecule has 1 saturated heterocycles. The van der Waals surface area contributed by atoms with Gasteiger partial charge in [-0.1, -0.05) is 50.6 Å². The molecular formula is C36H41FN6O4. The van der Waals surface area contributed by atoms with E-state index in [4.69, 9.17) is 14.6 Å². The molecule has 3 N–H and O–H groups in total. The molecule has 4 aromatic rings. The van der Waals surface area contributed by atoms with Gasteiger partial charge in [-0.2, -0.15) is 5.10 Å². The number of benzene rings is 3. The van der Waals surface area contributed by atoms with E-state index in [1.807, 2.05) is 61.5 Å². The molecule has 3 aromatic carbocycles. The minimum atomic E-state index is -0.450. The van der Waals surface area contributed by atoms with Gasteiger partial charge >= 0.3 is 12.1 Å². The van der Waals surface area contributed by atoms with Crippen molar-refractivity contribution in [2.24, 2.45) is 5.92 Å². The lowest BCUT2D eigenvalue weighted by molar-refractivity contribution is -0.0160. The van der Waals surface area contributed by atoms with Crippen molar-refractivity contribution in [1.29, 1.82) is 0 Å². The van der Waals surface area contributed by atoms with Gasteiger partial charge in [-0.25, -0.2) is 18.7 Å². The van der Waals surface area contributed by atoms with Gasteiger partial charge in [0.25, 0.3) is 0 Å². The summed E-state index contributed by atoms with van der Waals surface area (Å²) in [6.45, 7) is 9.82. The van der Waals surface area contributed by atoms with Crippen LogP contribution in [0.25, 0.3) is 5.69 Å². The van der Waals surface area contributed by atoms with Crippen molar-refractivity contribution in [3.8, 4) is 11.4 Å². The Hall–Kier alpha value is -4.90. The van der Waals surface area contributed by atoms with Crippen LogP contribution in [-0.2, 0) is 23.2 Å². The molecule has 4 amide bonds. The molecule has 0 saturated carbocycles. The molecule has 246 valence electrons. The summed E-state index contributed by atoms with van der Waals surface area (Å²) in [5, 5.41) is 13.5. The Balaban J connectivity index is 1.01. The van der Waals surface area contributed by atoms with Gasteiger partial charge < -0.3 is 25.0 Å². The van der Waals surface area contributed by atoms with Gasteiger partial charge in [0, 0.05) is 41.9 Å². The quantitative estimate of drug-likeness (QED) is 0.201. The second kappa shape index (κ2) is 13.4. The second-order valence-corrected chi connectivity index (χ2v) is 13.3. The first-order valence-electron chi connectivity index (χ1n) is 16.0. The third-order valence-electron chi connectivity index (χ3n) is 8.55. The molecule has 0 aliphatic carbocycles. The van der Waals surface area contributed by atoms with Crippen molar-refractivity contribution in [2.45, 2.75) is 59.0 Å². The van der Waals surface area contributed by atoms with E-state index in [9.17, 15) is 14.0 Å². The lowest BCUT2D eigenvalue weighted by atomic mass is 9.90. The fourth-order valence-electron chi connectivity index (χ4n) is 5.86. The highest BCUT2D eigenvalue weighted by Crippen LogP contribution is 2.34. The standard InChI is InChI=1S/C36H41FN6O4/c1-23-5-11-29(12-6-23)43-32(20-31(41-43)36(2,3)4)40-34(44)38-28-9-7-24(8-10-28)17-25-13-15-42(16-14-25)35(45)39-30-19-27(37)18-26-21-46-22-47-33(26)30/h5-12,18-20,25H,13-17,21-22H2,1-4H3,(H,39,45)(H2,38,40,44). The van der Waals surface area contributed by atoms with Crippen molar-refractivity contribution >= 4 is 29.3 Å². The highest BCUT2D eigenvalue weighted by molar-refractivity contribution is 5.99. The SMILES string of the molecule is Cc1ccc(-n2nc(C(C)(C)C)cc2NC(=O)Nc2ccc(CC3CCN(C(=O)Nc4cc(F)cc5c4OCOC5)CC3)cc2)cc1. The summed E-state index contributed by atoms with van der Waals surface area (Å²) in [5.41, 5.74) is 5.45. The third kappa shape index (κ3) is 7.74. The number of aryl methyl sites for hydroxylation is 1. The number of ether oxygens (including phenoxy) is 2. The van der Waals surface area contributed by atoms with E-state index >= 15 is 0 Å². The van der Waals surface area contributed by atoms with Crippen LogP contribution in [0.3, 0.4) is 0 Å². The molecule has 11 heteroatoms. The Kier molecular flexibility index (Phi) is 9.17. The normalized spacial score (nSPS) is 15.0. The molecule has 1 aromatic heterocycles. The summed E-state index contributed by atoms with van der Waals surface area (Å²) in [5.74, 6) is 1.02. The average Bonchev–Trinajstić information content (AvgIpc) is 3.47. The number of rotatable bonds is 6. The minimum Gasteiger partial charge on any atom is -0.465 e. The maximum absolute atomic E-state index is 14.1. The van der Waals surface area contributed by atoms with Gasteiger partial charge in [-0.15, -0.1) is 0 Å². The van der Waals surface area contributed by atoms with Gasteiger partial charge in [-0.3, -0.25) is 5.32 Å². The maximum Gasteiger partial charge on any atom is 0.324 e. The lowest BCUT2D eigenvalue weighted by Gasteiger charge is -2.32. The van der Waals surface area contributed by atoms with Crippen molar-refractivity contribution in [1.82, 2.24) is 14.7 Å². The fraction of sp³-hybridized carbons (Fsp3) is 0.361. The smallest absolute Gasteiger partial charge is 0.324 e. The lowest BCUT2D eigenvalue weighted by Crippen LogP contribution is -2.41. The third-order valence-corrected chi connectivity index (χ3v) is 8.55. The van der Waals surface area contributed by atoms with Crippen LogP contribution >= 0.6 is 0 Å². The van der Waals surface area contributed by atoms with E-state index < -0.39 is 5.82 Å². The molecule has 2 aliphatic rings. The largest absolute Gasteiger partial charge is 0.465 e. The van der Waals surface area contributed by atoms with Crippen LogP contribution in [-0.4, -0.2) is 46.6 Å². The predicted molar refractivity (Wildman–Crippen MR) is 180 cm³/mol. The zero-order chi connectivity index (χ0) is 33.1. The zero-order valence-electron chi connectivity index (χ0n) is 27.2. The van der Waals surface area contributed by atoms with Crippen LogP contribution in [0.15, 0.2) is 66.7 Å². The summed E-state index contributed by atoms with van der Waals surface area (Å²) in [6.07, 6.45) is 2.58. The predicted octanol–water partition coefficient (Wildman–Crippen LogP) is 7.61. The van der Waals surface area contributed by atoms with Crippen LogP contribution in [0.5, 0.6) is 5.75 Å². The Labute approximate surface area is 274 Å². The number of nitrogens with zero attached hydrogens (tertiary/aromatic N) is 3. The molecule has 47 heavy (non-hydrogen) atoms. The van der Waals surface area contributed by atoms with E-state index in [0.717, 1.165) is 41.8 Å². The molecule has 3 heterocycles. The fourth-order valence-corrected chi connectivity index (χ4v) is 5.86. The topological polar surface area (TPSA) is 110 Å². The number of carbonyl (C=O) groups excluding carboxylic acids is 2. The number of aromatic nitrogens is 2. The van der Waals surface area contributed by atoms with Crippen LogP contribution in [0.4, 0.5) is 31.2 Å². The van der Waals surface area contributed by atoms with Crippen molar-refractivity contribution < 1.29 is 23.5 Å². The first-order chi connectivity index (χ1) is 22.5. The molecule has 6 rings (SSSR count). The van der Waals surface area contributed by atoms with E-state index in [2.05, 4.69) is 36.7 Å². The molecular weight excluding hydrogens is 599 g/mol. The van der Waals surface area contributed by atoms with Crippen LogP contribution in [0.2, 0.25) is 0 Å². The van der Waals surface area contributed by atoms with Crippen LogP contribution in [0, 0.1) is 18.7 Å². The average molecular weight is 641 g/mol. The van der Waals surface area contributed by atoms with E-state index in [-0.39, 0.29) is 30.9 Å². The molecule has 0 spiro atoms. The van der Waals surface area contributed by atoms with Gasteiger partial charge in [0.05, 0.1) is 23.7 Å². The van der Waals surface area contributed by atoms with Crippen molar-refractivity contribution in [3.63, 3.8) is 0 Å². The number of amides is 4. The Bertz CT molecular complexity index is 1740. The number of hydrogen-bond donors (Lipinski definition) is 3. The summed E-state index contributed by atoms with van der Waals surface area (Å²) >= 11 is 0. The first kappa shape index (κ1) is 32.1. The molecule has 1 fully saturated rings. The zero-order valence-corrected chi connectivity index (χ0v) is 27.2. The van der Waals surface area contributed by atoms with Crippen molar-refractivity contribution in [2.75, 3.05) is 35.8 Å². The van der Waals surface area contributed by atoms with Crippen LogP contribution in [0.1, 0.15) is 56.0 Å². The van der Waals surface area contributed by atoms with Gasteiger partial charge in [-0.05, 0) is 68.0 Å². The number of anilines is 3. The summed E-state index contributed by atoms with van der Waals surface area (Å²) in [7, 11) is 0. The molecule has 0 unspecified atom stereocenters. The summed E-state index contributed by atoms with van der Waals surface area (Å²) < 4.78 is 26.6. The number of piperidine rings is 1. The number of fused-ring (bicyclic) bond motifs is 1. The molecule has 0 bridgehead atoms. The number of urea groups is 2. The number of halogens is 1. The first-order valence-corrected chi connectivity index (χ1v) is 16.0. The number of hydrogen-bond acceptors (Lipinski definition) is 5. The molecule has 0 atom stereocenters. The number of likely N-dealkylation sites (tertiary alicyclic amines) is 1. The van der Waals surface area contributed by atoms with Crippen molar-refractivity contribution in [3.05, 3.63) is 94.9 Å². The van der Waals surface area contributed by atoms with Crippen LogP contribution < -0.4 is 20.7 Å². The molecule has 10 nitrogen and oxygen atoms in total. The van der Waals surface area contributed by atoms with Gasteiger partial charge in [0.15, 0.2) is 12.5 Å². The summed E-state index contributed by atoms with van der Waals surface area (Å²) in [6, 6.07) is 19.8. The number of carbonyl (C=O) groups is 2. The van der Waals surface area contributed by atoms with E-state index in [0.29, 0.717) is 47.5 Å². The Morgan fingerprint density at radius 1 is 0.957 bits per heavy atom. The Morgan fingerprint density at radius 3 is 2.38 bits per heavy atom. The van der Waals surface area contributed by atoms with Gasteiger partial charge in [0.1, 0.15) is 11.6 Å². The monoisotopic (exact) mass is 640 g/mol. The number of nitrogens with one attached hydrogen (secondary N) is 3. The molecule has 0 radical (unpaired) electrons. The molecule has 2 aliphatic heterocycles. The van der Waals surface area contributed by atoms with E-state index in [1.165, 1.54) is 12.1 Å². The maximum atomic E-state index is 14.1. The highest BCUT2D eigenvalue weighted by Gasteiger charge is 2.26. The van der Waals surface area contributed by atoms with E-state index in [1.54, 1.807) is 9.58 Å².